The number of alkyl halides is 1. The molecule has 1 aliphatic heterocycles. The summed E-state index contributed by atoms with van der Waals surface area (Å²) in [4.78, 5) is 11.4. The fourth-order valence-corrected chi connectivity index (χ4v) is 4.60. The van der Waals surface area contributed by atoms with Crippen LogP contribution in [0.3, 0.4) is 0 Å². The van der Waals surface area contributed by atoms with Crippen molar-refractivity contribution in [2.75, 3.05) is 24.8 Å². The van der Waals surface area contributed by atoms with Crippen molar-refractivity contribution >= 4 is 39.0 Å². The van der Waals surface area contributed by atoms with E-state index in [2.05, 4.69) is 0 Å². The lowest BCUT2D eigenvalue weighted by Gasteiger charge is -2.27. The Morgan fingerprint density at radius 3 is 2.78 bits per heavy atom. The van der Waals surface area contributed by atoms with Crippen LogP contribution in [-0.4, -0.2) is 39.2 Å². The second-order valence-corrected chi connectivity index (χ2v) is 7.64. The highest BCUT2D eigenvalue weighted by atomic mass is 35.5. The molecular formula is C14H15Cl2FO5S. The third-order valence-corrected chi connectivity index (χ3v) is 5.75. The summed E-state index contributed by atoms with van der Waals surface area (Å²) in [6, 6.07) is 0.792. The van der Waals surface area contributed by atoms with Gasteiger partial charge < -0.3 is 9.47 Å². The molecule has 0 aromatic heterocycles. The molecule has 1 aromatic rings. The number of rotatable bonds is 5. The van der Waals surface area contributed by atoms with Crippen LogP contribution < -0.4 is 0 Å². The molecule has 0 aliphatic carbocycles. The van der Waals surface area contributed by atoms with Crippen molar-refractivity contribution in [3.63, 3.8) is 0 Å². The van der Waals surface area contributed by atoms with Crippen LogP contribution in [0.5, 0.6) is 0 Å². The summed E-state index contributed by atoms with van der Waals surface area (Å²) in [5, 5.41) is -0.164. The first kappa shape index (κ1) is 18.4. The molecule has 1 heterocycles. The number of carbonyl (C=O) groups excluding carboxylic acids is 1. The maximum atomic E-state index is 14.4. The van der Waals surface area contributed by atoms with E-state index < -0.39 is 32.6 Å². The van der Waals surface area contributed by atoms with Crippen LogP contribution in [0.25, 0.3) is 0 Å². The number of hydrogen-bond donors (Lipinski definition) is 0. The highest BCUT2D eigenvalue weighted by molar-refractivity contribution is 7.91. The quantitative estimate of drug-likeness (QED) is 0.576. The van der Waals surface area contributed by atoms with Gasteiger partial charge in [0.05, 0.1) is 35.7 Å². The third kappa shape index (κ3) is 3.63. The number of hydrogen-bond acceptors (Lipinski definition) is 5. The van der Waals surface area contributed by atoms with Gasteiger partial charge in [-0.05, 0) is 19.4 Å². The van der Waals surface area contributed by atoms with Gasteiger partial charge in [0, 0.05) is 11.4 Å². The van der Waals surface area contributed by atoms with Crippen molar-refractivity contribution in [3.05, 3.63) is 28.0 Å². The van der Waals surface area contributed by atoms with Gasteiger partial charge in [-0.2, -0.15) is 0 Å². The number of esters is 1. The predicted octanol–water partition coefficient (Wildman–Crippen LogP) is 3.13. The Hall–Kier alpha value is -0.890. The molecule has 0 N–H and O–H groups in total. The largest absolute Gasteiger partial charge is 0.462 e. The minimum absolute atomic E-state index is 0.0360. The van der Waals surface area contributed by atoms with Crippen LogP contribution >= 0.6 is 23.2 Å². The normalized spacial score (nSPS) is 19.2. The zero-order valence-electron chi connectivity index (χ0n) is 12.3. The van der Waals surface area contributed by atoms with Crippen molar-refractivity contribution in [1.29, 1.82) is 0 Å². The number of ether oxygens (including phenoxy) is 2. The number of carbonyl (C=O) groups is 1. The summed E-state index contributed by atoms with van der Waals surface area (Å²) in [7, 11) is -3.83. The molecule has 0 saturated carbocycles. The van der Waals surface area contributed by atoms with Crippen molar-refractivity contribution < 1.29 is 27.1 Å². The van der Waals surface area contributed by atoms with Gasteiger partial charge in [0.15, 0.2) is 9.84 Å². The maximum absolute atomic E-state index is 14.4. The van der Waals surface area contributed by atoms with Gasteiger partial charge in [-0.25, -0.2) is 17.6 Å². The minimum atomic E-state index is -3.83. The van der Waals surface area contributed by atoms with Crippen LogP contribution in [0.2, 0.25) is 5.02 Å². The van der Waals surface area contributed by atoms with Gasteiger partial charge in [0.25, 0.3) is 0 Å². The number of benzene rings is 1. The molecule has 1 atom stereocenters. The summed E-state index contributed by atoms with van der Waals surface area (Å²) in [5.41, 5.74) is -0.257. The second kappa shape index (κ2) is 7.34. The summed E-state index contributed by atoms with van der Waals surface area (Å²) >= 11 is 11.8. The van der Waals surface area contributed by atoms with Crippen molar-refractivity contribution in [1.82, 2.24) is 0 Å². The molecule has 0 radical (unpaired) electrons. The van der Waals surface area contributed by atoms with Gasteiger partial charge in [-0.3, -0.25) is 0 Å². The molecule has 2 rings (SSSR count). The Balaban J connectivity index is 2.64. The highest BCUT2D eigenvalue weighted by Crippen LogP contribution is 2.42. The number of fused-ring (bicyclic) bond motifs is 1. The van der Waals surface area contributed by atoms with Gasteiger partial charge in [0.2, 0.25) is 0 Å². The first-order chi connectivity index (χ1) is 10.8. The molecule has 0 bridgehead atoms. The maximum Gasteiger partial charge on any atom is 0.339 e. The van der Waals surface area contributed by atoms with Crippen molar-refractivity contribution in [2.24, 2.45) is 0 Å². The van der Waals surface area contributed by atoms with Gasteiger partial charge in [0.1, 0.15) is 10.7 Å². The molecule has 1 unspecified atom stereocenters. The van der Waals surface area contributed by atoms with E-state index in [4.69, 9.17) is 32.7 Å². The van der Waals surface area contributed by atoms with E-state index in [1.54, 1.807) is 6.92 Å². The van der Waals surface area contributed by atoms with Crippen molar-refractivity contribution in [3.8, 4) is 0 Å². The Labute approximate surface area is 143 Å². The lowest BCUT2D eigenvalue weighted by Crippen LogP contribution is -2.25. The smallest absolute Gasteiger partial charge is 0.339 e. The molecule has 5 nitrogen and oxygen atoms in total. The fourth-order valence-electron chi connectivity index (χ4n) is 2.45. The Morgan fingerprint density at radius 2 is 2.17 bits per heavy atom. The van der Waals surface area contributed by atoms with E-state index >= 15 is 0 Å². The fraction of sp³-hybridized carbons (Fsp3) is 0.500. The van der Waals surface area contributed by atoms with Crippen LogP contribution in [-0.2, 0) is 19.3 Å². The molecule has 1 aliphatic rings. The molecule has 23 heavy (non-hydrogen) atoms. The van der Waals surface area contributed by atoms with Gasteiger partial charge in [-0.1, -0.05) is 11.6 Å². The monoisotopic (exact) mass is 384 g/mol. The molecule has 0 amide bonds. The van der Waals surface area contributed by atoms with Gasteiger partial charge >= 0.3 is 5.97 Å². The molecule has 0 saturated heterocycles. The Morgan fingerprint density at radius 1 is 1.48 bits per heavy atom. The zero-order valence-corrected chi connectivity index (χ0v) is 14.6. The van der Waals surface area contributed by atoms with E-state index in [9.17, 15) is 17.6 Å². The van der Waals surface area contributed by atoms with E-state index in [-0.39, 0.29) is 47.4 Å². The molecule has 1 aromatic carbocycles. The topological polar surface area (TPSA) is 69.7 Å². The minimum Gasteiger partial charge on any atom is -0.462 e. The number of sulfone groups is 1. The summed E-state index contributed by atoms with van der Waals surface area (Å²) in [5.74, 6) is -1.93. The first-order valence-corrected chi connectivity index (χ1v) is 9.49. The van der Waals surface area contributed by atoms with Crippen LogP contribution in [0.1, 0.15) is 35.4 Å². The highest BCUT2D eigenvalue weighted by Gasteiger charge is 2.37. The number of halogens is 3. The van der Waals surface area contributed by atoms with E-state index in [1.165, 1.54) is 0 Å². The van der Waals surface area contributed by atoms with Gasteiger partial charge in [-0.15, -0.1) is 11.6 Å². The van der Waals surface area contributed by atoms with Crippen molar-refractivity contribution in [2.45, 2.75) is 24.3 Å². The second-order valence-electron chi connectivity index (χ2n) is 4.84. The van der Waals surface area contributed by atoms with Crippen LogP contribution in [0.15, 0.2) is 11.0 Å². The molecular weight excluding hydrogens is 370 g/mol. The van der Waals surface area contributed by atoms with Crippen LogP contribution in [0, 0.1) is 5.82 Å². The van der Waals surface area contributed by atoms with E-state index in [0.717, 1.165) is 6.07 Å². The van der Waals surface area contributed by atoms with E-state index in [0.29, 0.717) is 0 Å². The standard InChI is InChI=1S/C14H15Cl2FO5S/c1-2-21-14(18)8-7-9(17)13-11(12(8)16)10(22-5-4-15)3-6-23(13,19)20/h7,10H,2-6H2,1H3. The summed E-state index contributed by atoms with van der Waals surface area (Å²) in [6.07, 6.45) is -0.638. The molecule has 9 heteroatoms. The van der Waals surface area contributed by atoms with E-state index in [1.807, 2.05) is 0 Å². The predicted molar refractivity (Wildman–Crippen MR) is 83.4 cm³/mol. The summed E-state index contributed by atoms with van der Waals surface area (Å²) in [6.45, 7) is 1.82. The Kier molecular flexibility index (Phi) is 5.89. The Bertz CT molecular complexity index is 720. The molecule has 128 valence electrons. The third-order valence-electron chi connectivity index (χ3n) is 3.38. The average molecular weight is 385 g/mol. The SMILES string of the molecule is CCOC(=O)c1cc(F)c2c(c1Cl)C(OCCCl)CCS2(=O)=O. The zero-order chi connectivity index (χ0) is 17.2. The lowest BCUT2D eigenvalue weighted by atomic mass is 10.0. The average Bonchev–Trinajstić information content (AvgIpc) is 2.49. The lowest BCUT2D eigenvalue weighted by molar-refractivity contribution is 0.0516. The van der Waals surface area contributed by atoms with Crippen LogP contribution in [0.4, 0.5) is 4.39 Å². The first-order valence-electron chi connectivity index (χ1n) is 6.92. The molecule has 0 fully saturated rings. The molecule has 0 spiro atoms. The summed E-state index contributed by atoms with van der Waals surface area (Å²) < 4.78 is 49.0.